The number of likely N-dealkylation sites (tertiary alicyclic amines) is 1. The number of nitrogens with two attached hydrogens (primary N) is 1. The zero-order valence-corrected chi connectivity index (χ0v) is 17.7. The number of aliphatic imine (C=N–C) groups is 1. The Labute approximate surface area is 173 Å². The van der Waals surface area contributed by atoms with Gasteiger partial charge in [-0.3, -0.25) is 4.79 Å². The fourth-order valence-electron chi connectivity index (χ4n) is 3.50. The van der Waals surface area contributed by atoms with Gasteiger partial charge in [0.25, 0.3) is 0 Å². The molecule has 1 amide bonds. The Kier molecular flexibility index (Phi) is 8.47. The molecular formula is C19H30IN5O. The van der Waals surface area contributed by atoms with E-state index in [-0.39, 0.29) is 36.4 Å². The summed E-state index contributed by atoms with van der Waals surface area (Å²) in [6, 6.07) is 10.4. The predicted molar refractivity (Wildman–Crippen MR) is 117 cm³/mol. The number of hydrogen-bond donors (Lipinski definition) is 1. The molecule has 2 aliphatic rings. The van der Waals surface area contributed by atoms with E-state index >= 15 is 0 Å². The maximum atomic E-state index is 12.4. The molecule has 0 unspecified atom stereocenters. The van der Waals surface area contributed by atoms with Crippen LogP contribution in [0, 0.1) is 0 Å². The zero-order chi connectivity index (χ0) is 17.5. The van der Waals surface area contributed by atoms with Crippen LogP contribution < -0.4 is 10.6 Å². The maximum Gasteiger partial charge on any atom is 0.244 e. The van der Waals surface area contributed by atoms with Gasteiger partial charge in [0.1, 0.15) is 6.54 Å². The van der Waals surface area contributed by atoms with Crippen LogP contribution in [0.3, 0.4) is 0 Å². The first kappa shape index (κ1) is 20.8. The second kappa shape index (κ2) is 10.6. The highest BCUT2D eigenvalue weighted by atomic mass is 127. The number of piperazine rings is 1. The van der Waals surface area contributed by atoms with E-state index in [4.69, 9.17) is 5.73 Å². The SMILES string of the molecule is I.NC(=NCC(=O)N1CCN(c2ccccc2)CC1)N1CCCCCC1. The van der Waals surface area contributed by atoms with Crippen molar-refractivity contribution in [3.05, 3.63) is 30.3 Å². The summed E-state index contributed by atoms with van der Waals surface area (Å²) in [5.41, 5.74) is 7.31. The van der Waals surface area contributed by atoms with Crippen LogP contribution >= 0.6 is 24.0 Å². The Hall–Kier alpha value is -1.51. The zero-order valence-electron chi connectivity index (χ0n) is 15.3. The average molecular weight is 471 g/mol. The highest BCUT2D eigenvalue weighted by molar-refractivity contribution is 14.0. The number of rotatable bonds is 3. The minimum absolute atomic E-state index is 0. The lowest BCUT2D eigenvalue weighted by molar-refractivity contribution is -0.129. The number of anilines is 1. The van der Waals surface area contributed by atoms with E-state index in [1.165, 1.54) is 18.5 Å². The van der Waals surface area contributed by atoms with Gasteiger partial charge in [0, 0.05) is 45.0 Å². The molecule has 144 valence electrons. The van der Waals surface area contributed by atoms with Crippen LogP contribution in [0.5, 0.6) is 0 Å². The number of nitrogens with zero attached hydrogens (tertiary/aromatic N) is 4. The quantitative estimate of drug-likeness (QED) is 0.417. The molecule has 0 saturated carbocycles. The van der Waals surface area contributed by atoms with E-state index in [0.29, 0.717) is 5.96 Å². The number of para-hydroxylation sites is 1. The van der Waals surface area contributed by atoms with Gasteiger partial charge in [-0.15, -0.1) is 24.0 Å². The fourth-order valence-corrected chi connectivity index (χ4v) is 3.50. The third-order valence-electron chi connectivity index (χ3n) is 5.06. The topological polar surface area (TPSA) is 65.2 Å². The van der Waals surface area contributed by atoms with Crippen LogP contribution in [0.1, 0.15) is 25.7 Å². The summed E-state index contributed by atoms with van der Waals surface area (Å²) in [6.07, 6.45) is 4.83. The van der Waals surface area contributed by atoms with Gasteiger partial charge in [-0.05, 0) is 25.0 Å². The summed E-state index contributed by atoms with van der Waals surface area (Å²) in [6.45, 7) is 5.29. The standard InChI is InChI=1S/C19H29N5O.HI/c20-19(24-10-6-1-2-7-11-24)21-16-18(25)23-14-12-22(13-15-23)17-8-4-3-5-9-17;/h3-5,8-9H,1-2,6-7,10-16H2,(H2,20,21);1H. The van der Waals surface area contributed by atoms with Crippen molar-refractivity contribution in [1.82, 2.24) is 9.80 Å². The summed E-state index contributed by atoms with van der Waals surface area (Å²) in [5.74, 6) is 0.601. The van der Waals surface area contributed by atoms with Gasteiger partial charge in [-0.1, -0.05) is 31.0 Å². The molecule has 6 nitrogen and oxygen atoms in total. The lowest BCUT2D eigenvalue weighted by Crippen LogP contribution is -2.49. The number of carbonyl (C=O) groups excluding carboxylic acids is 1. The normalized spacial score (nSPS) is 18.9. The highest BCUT2D eigenvalue weighted by Gasteiger charge is 2.21. The molecule has 0 aromatic heterocycles. The van der Waals surface area contributed by atoms with Crippen molar-refractivity contribution in [2.75, 3.05) is 50.7 Å². The second-order valence-corrected chi connectivity index (χ2v) is 6.78. The van der Waals surface area contributed by atoms with Crippen molar-refractivity contribution in [2.24, 2.45) is 10.7 Å². The molecule has 2 heterocycles. The van der Waals surface area contributed by atoms with Crippen LogP contribution in [-0.4, -0.2) is 67.5 Å². The molecule has 1 aromatic rings. The van der Waals surface area contributed by atoms with Crippen molar-refractivity contribution < 1.29 is 4.79 Å². The molecule has 7 heteroatoms. The number of carbonyl (C=O) groups is 1. The fraction of sp³-hybridized carbons (Fsp3) is 0.579. The smallest absolute Gasteiger partial charge is 0.244 e. The first-order valence-electron chi connectivity index (χ1n) is 9.37. The molecule has 0 aliphatic carbocycles. The van der Waals surface area contributed by atoms with E-state index in [0.717, 1.165) is 52.1 Å². The van der Waals surface area contributed by atoms with Crippen LogP contribution in [0.25, 0.3) is 0 Å². The molecule has 0 spiro atoms. The summed E-state index contributed by atoms with van der Waals surface area (Å²) in [7, 11) is 0. The molecule has 2 aliphatic heterocycles. The summed E-state index contributed by atoms with van der Waals surface area (Å²) >= 11 is 0. The van der Waals surface area contributed by atoms with Gasteiger partial charge in [0.15, 0.2) is 5.96 Å². The van der Waals surface area contributed by atoms with Gasteiger partial charge in [-0.2, -0.15) is 0 Å². The van der Waals surface area contributed by atoms with E-state index in [9.17, 15) is 4.79 Å². The summed E-state index contributed by atoms with van der Waals surface area (Å²) in [5, 5.41) is 0. The Balaban J connectivity index is 0.00000243. The van der Waals surface area contributed by atoms with Gasteiger partial charge < -0.3 is 20.4 Å². The summed E-state index contributed by atoms with van der Waals surface area (Å²) in [4.78, 5) is 23.1. The van der Waals surface area contributed by atoms with E-state index in [2.05, 4.69) is 26.9 Å². The van der Waals surface area contributed by atoms with Crippen LogP contribution in [0.4, 0.5) is 5.69 Å². The Morgan fingerprint density at radius 1 is 0.885 bits per heavy atom. The average Bonchev–Trinajstić information content (AvgIpc) is 2.96. The molecule has 3 rings (SSSR count). The minimum atomic E-state index is 0. The number of hydrogen-bond acceptors (Lipinski definition) is 3. The van der Waals surface area contributed by atoms with Crippen molar-refractivity contribution in [3.8, 4) is 0 Å². The number of benzene rings is 1. The van der Waals surface area contributed by atoms with E-state index in [1.54, 1.807) is 0 Å². The minimum Gasteiger partial charge on any atom is -0.370 e. The number of halogens is 1. The molecule has 0 radical (unpaired) electrons. The number of amides is 1. The molecule has 0 bridgehead atoms. The first-order valence-corrected chi connectivity index (χ1v) is 9.37. The summed E-state index contributed by atoms with van der Waals surface area (Å²) < 4.78 is 0. The van der Waals surface area contributed by atoms with Crippen LogP contribution in [0.15, 0.2) is 35.3 Å². The van der Waals surface area contributed by atoms with Gasteiger partial charge >= 0.3 is 0 Å². The molecular weight excluding hydrogens is 441 g/mol. The van der Waals surface area contributed by atoms with Crippen molar-refractivity contribution in [3.63, 3.8) is 0 Å². The Bertz CT molecular complexity index is 579. The predicted octanol–water partition coefficient (Wildman–Crippen LogP) is 2.14. The molecule has 2 N–H and O–H groups in total. The lowest BCUT2D eigenvalue weighted by Gasteiger charge is -2.36. The third kappa shape index (κ3) is 5.75. The van der Waals surface area contributed by atoms with Crippen molar-refractivity contribution in [1.29, 1.82) is 0 Å². The molecule has 0 atom stereocenters. The molecule has 1 aromatic carbocycles. The van der Waals surface area contributed by atoms with Crippen LogP contribution in [-0.2, 0) is 4.79 Å². The van der Waals surface area contributed by atoms with Gasteiger partial charge in [-0.25, -0.2) is 4.99 Å². The number of guanidine groups is 1. The van der Waals surface area contributed by atoms with Crippen molar-refractivity contribution in [2.45, 2.75) is 25.7 Å². The highest BCUT2D eigenvalue weighted by Crippen LogP contribution is 2.15. The molecule has 2 saturated heterocycles. The molecule has 2 fully saturated rings. The Morgan fingerprint density at radius 2 is 1.50 bits per heavy atom. The largest absolute Gasteiger partial charge is 0.370 e. The van der Waals surface area contributed by atoms with Gasteiger partial charge in [0.2, 0.25) is 5.91 Å². The monoisotopic (exact) mass is 471 g/mol. The van der Waals surface area contributed by atoms with E-state index < -0.39 is 0 Å². The second-order valence-electron chi connectivity index (χ2n) is 6.78. The van der Waals surface area contributed by atoms with Crippen molar-refractivity contribution >= 4 is 41.5 Å². The van der Waals surface area contributed by atoms with Crippen LogP contribution in [0.2, 0.25) is 0 Å². The van der Waals surface area contributed by atoms with Gasteiger partial charge in [0.05, 0.1) is 0 Å². The molecule has 26 heavy (non-hydrogen) atoms. The Morgan fingerprint density at radius 3 is 2.12 bits per heavy atom. The third-order valence-corrected chi connectivity index (χ3v) is 5.06. The van der Waals surface area contributed by atoms with E-state index in [1.807, 2.05) is 23.1 Å². The maximum absolute atomic E-state index is 12.4. The lowest BCUT2D eigenvalue weighted by atomic mass is 10.2. The first-order chi connectivity index (χ1) is 12.2.